The maximum absolute atomic E-state index is 11.0. The second-order valence-electron chi connectivity index (χ2n) is 9.67. The molecule has 14 atom stereocenters. The van der Waals surface area contributed by atoms with Crippen molar-refractivity contribution < 1.29 is 65.7 Å². The van der Waals surface area contributed by atoms with E-state index in [4.69, 9.17) is 18.9 Å². The molecule has 0 spiro atoms. The van der Waals surface area contributed by atoms with Crippen molar-refractivity contribution in [2.24, 2.45) is 0 Å². The topological polar surface area (TPSA) is 223 Å². The van der Waals surface area contributed by atoms with Crippen LogP contribution in [0, 0.1) is 0 Å². The van der Waals surface area contributed by atoms with Gasteiger partial charge in [0, 0.05) is 6.42 Å². The minimum Gasteiger partial charge on any atom is -0.391 e. The van der Waals surface area contributed by atoms with Crippen LogP contribution in [-0.4, -0.2) is 135 Å². The molecule has 3 fully saturated rings. The summed E-state index contributed by atoms with van der Waals surface area (Å²) >= 11 is 0. The zero-order chi connectivity index (χ0) is 24.7. The predicted molar refractivity (Wildman–Crippen MR) is 108 cm³/mol. The van der Waals surface area contributed by atoms with Gasteiger partial charge in [0.15, 0.2) is 18.7 Å². The second kappa shape index (κ2) is 10.6. The first kappa shape index (κ1) is 27.1. The van der Waals surface area contributed by atoms with Gasteiger partial charge in [-0.1, -0.05) is 0 Å². The quantitative estimate of drug-likeness (QED) is 0.172. The Balaban J connectivity index is 1.68. The molecule has 0 aromatic heterocycles. The largest absolute Gasteiger partial charge is 0.391 e. The summed E-state index contributed by atoms with van der Waals surface area (Å²) in [5.41, 5.74) is 2.75. The molecular formula is C20H40N2O11+2. The molecule has 1 saturated carbocycles. The van der Waals surface area contributed by atoms with Crippen LogP contribution in [0.25, 0.3) is 0 Å². The van der Waals surface area contributed by atoms with Gasteiger partial charge in [-0.3, -0.25) is 0 Å². The molecule has 0 bridgehead atoms. The minimum absolute atomic E-state index is 0.0721. The number of hydrogen-bond donors (Lipinski definition) is 9. The minimum atomic E-state index is -1.61. The molecule has 3 rings (SSSR count). The molecule has 0 amide bonds. The number of aliphatic hydroxyl groups excluding tert-OH is 6. The van der Waals surface area contributed by atoms with Crippen molar-refractivity contribution in [2.45, 2.75) is 112 Å². The maximum atomic E-state index is 11.0. The van der Waals surface area contributed by atoms with Gasteiger partial charge in [0.1, 0.15) is 54.3 Å². The monoisotopic (exact) mass is 484 g/mol. The van der Waals surface area contributed by atoms with Gasteiger partial charge in [-0.05, 0) is 20.3 Å². The summed E-state index contributed by atoms with van der Waals surface area (Å²) in [6, 6.07) is -0.972. The zero-order valence-electron chi connectivity index (χ0n) is 19.2. The number of quaternary nitrogens is 2. The Kier molecular flexibility index (Phi) is 8.71. The van der Waals surface area contributed by atoms with Crippen molar-refractivity contribution in [2.75, 3.05) is 13.7 Å². The maximum Gasteiger partial charge on any atom is 0.190 e. The van der Waals surface area contributed by atoms with Gasteiger partial charge in [0.05, 0.1) is 25.9 Å². The Hall–Kier alpha value is -0.520. The van der Waals surface area contributed by atoms with E-state index >= 15 is 0 Å². The normalized spacial score (nSPS) is 52.5. The van der Waals surface area contributed by atoms with Crippen LogP contribution >= 0.6 is 0 Å². The van der Waals surface area contributed by atoms with Gasteiger partial charge in [-0.15, -0.1) is 0 Å². The molecule has 3 aliphatic rings. The van der Waals surface area contributed by atoms with Gasteiger partial charge in [-0.25, -0.2) is 0 Å². The Bertz CT molecular complexity index is 641. The first-order chi connectivity index (χ1) is 15.4. The summed E-state index contributed by atoms with van der Waals surface area (Å²) in [6.45, 7) is 2.86. The van der Waals surface area contributed by atoms with Crippen LogP contribution in [0.1, 0.15) is 26.7 Å². The summed E-state index contributed by atoms with van der Waals surface area (Å²) in [4.78, 5) is 0. The Labute approximate surface area is 192 Å². The van der Waals surface area contributed by atoms with E-state index in [9.17, 15) is 35.7 Å². The van der Waals surface area contributed by atoms with Crippen LogP contribution in [0.15, 0.2) is 0 Å². The van der Waals surface area contributed by atoms with Crippen molar-refractivity contribution >= 4 is 0 Å². The van der Waals surface area contributed by atoms with E-state index in [1.807, 2.05) is 0 Å². The molecule has 33 heavy (non-hydrogen) atoms. The van der Waals surface area contributed by atoms with Gasteiger partial charge in [0.25, 0.3) is 0 Å². The highest BCUT2D eigenvalue weighted by Crippen LogP contribution is 2.31. The third kappa shape index (κ3) is 5.51. The molecule has 1 unspecified atom stereocenters. The molecule has 2 saturated heterocycles. The first-order valence-electron chi connectivity index (χ1n) is 11.4. The fourth-order valence-electron chi connectivity index (χ4n) is 4.91. The Morgan fingerprint density at radius 1 is 0.970 bits per heavy atom. The lowest BCUT2D eigenvalue weighted by molar-refractivity contribution is -0.695. The average molecular weight is 485 g/mol. The summed E-state index contributed by atoms with van der Waals surface area (Å²) in [7, 11) is 1.72. The van der Waals surface area contributed by atoms with Crippen LogP contribution < -0.4 is 11.1 Å². The molecule has 1 aliphatic carbocycles. The number of rotatable bonds is 6. The van der Waals surface area contributed by atoms with Crippen LogP contribution in [-0.2, 0) is 18.9 Å². The number of nitrogens with two attached hydrogens (primary N) is 1. The fourth-order valence-corrected chi connectivity index (χ4v) is 4.91. The van der Waals surface area contributed by atoms with Gasteiger partial charge < -0.3 is 65.7 Å². The van der Waals surface area contributed by atoms with Gasteiger partial charge >= 0.3 is 0 Å². The lowest BCUT2D eigenvalue weighted by Gasteiger charge is -2.46. The van der Waals surface area contributed by atoms with Crippen LogP contribution in [0.4, 0.5) is 0 Å². The van der Waals surface area contributed by atoms with E-state index < -0.39 is 79.2 Å². The molecular weight excluding hydrogens is 444 g/mol. The van der Waals surface area contributed by atoms with E-state index in [-0.39, 0.29) is 12.6 Å². The summed E-state index contributed by atoms with van der Waals surface area (Å²) in [5.74, 6) is 0. The molecule has 0 aromatic rings. The zero-order valence-corrected chi connectivity index (χ0v) is 19.2. The average Bonchev–Trinajstić information content (AvgIpc) is 2.74. The fraction of sp³-hybridized carbons (Fsp3) is 1.00. The van der Waals surface area contributed by atoms with Crippen LogP contribution in [0.5, 0.6) is 0 Å². The van der Waals surface area contributed by atoms with Crippen molar-refractivity contribution in [1.29, 1.82) is 0 Å². The molecule has 0 radical (unpaired) electrons. The van der Waals surface area contributed by atoms with Crippen molar-refractivity contribution in [3.05, 3.63) is 0 Å². The molecule has 13 nitrogen and oxygen atoms in total. The number of ether oxygens (including phenoxy) is 4. The summed E-state index contributed by atoms with van der Waals surface area (Å²) in [6.07, 6.45) is -13.0. The highest BCUT2D eigenvalue weighted by atomic mass is 16.7. The lowest BCUT2D eigenvalue weighted by atomic mass is 9.87. The van der Waals surface area contributed by atoms with E-state index in [1.165, 1.54) is 6.92 Å². The van der Waals surface area contributed by atoms with E-state index in [2.05, 4.69) is 5.73 Å². The van der Waals surface area contributed by atoms with Gasteiger partial charge in [0.2, 0.25) is 0 Å². The van der Waals surface area contributed by atoms with Crippen molar-refractivity contribution in [3.8, 4) is 0 Å². The highest BCUT2D eigenvalue weighted by Gasteiger charge is 2.53. The predicted octanol–water partition coefficient (Wildman–Crippen LogP) is -6.26. The van der Waals surface area contributed by atoms with Crippen LogP contribution in [0.3, 0.4) is 0 Å². The third-order valence-electron chi connectivity index (χ3n) is 6.95. The van der Waals surface area contributed by atoms with Gasteiger partial charge in [-0.2, -0.15) is 0 Å². The Morgan fingerprint density at radius 3 is 2.24 bits per heavy atom. The molecule has 2 aliphatic heterocycles. The highest BCUT2D eigenvalue weighted by molar-refractivity contribution is 4.96. The SMILES string of the molecule is C[NH2+][C@@H]1[C@@H](O)[C@@H](O[C@@H]2[C@@H](O)[C@H](O[C@H]3O[C@H](C(C)O)[C@@H](O)[C@H](O)[C@H]3O)CC[C@H]2[NH3+])OC[C@]1(C)O. The van der Waals surface area contributed by atoms with E-state index in [0.717, 1.165) is 0 Å². The number of likely N-dealkylation sites (N-methyl/N-ethyl adjacent to an activating group) is 1. The van der Waals surface area contributed by atoms with E-state index in [0.29, 0.717) is 12.8 Å². The molecule has 2 heterocycles. The van der Waals surface area contributed by atoms with E-state index in [1.54, 1.807) is 19.3 Å². The second-order valence-corrected chi connectivity index (χ2v) is 9.67. The molecule has 194 valence electrons. The Morgan fingerprint density at radius 2 is 1.64 bits per heavy atom. The molecule has 0 aromatic carbocycles. The smallest absolute Gasteiger partial charge is 0.190 e. The first-order valence-corrected chi connectivity index (χ1v) is 11.4. The summed E-state index contributed by atoms with van der Waals surface area (Å²) in [5, 5.41) is 74.0. The molecule has 12 N–H and O–H groups in total. The number of aliphatic hydroxyl groups is 7. The van der Waals surface area contributed by atoms with Crippen molar-refractivity contribution in [3.63, 3.8) is 0 Å². The standard InChI is InChI=1S/C20H38N2O11/c1-7(23)15-12(26)11(25)13(27)19(32-15)31-9-5-4-8(21)16(10(9)24)33-18-14(28)17(22-3)20(2,29)6-30-18/h7-19,22-29H,4-6,21H2,1-3H3/p+2/t7?,8-,9-,10+,11+,12+,13-,14-,15-,16+,17-,18-,19+,20+/m1/s1. The molecule has 13 heteroatoms. The third-order valence-corrected chi connectivity index (χ3v) is 6.95. The van der Waals surface area contributed by atoms with Crippen LogP contribution in [0.2, 0.25) is 0 Å². The number of hydrogen-bond acceptors (Lipinski definition) is 11. The lowest BCUT2D eigenvalue weighted by Crippen LogP contribution is -2.96. The summed E-state index contributed by atoms with van der Waals surface area (Å²) < 4.78 is 22.7. The van der Waals surface area contributed by atoms with Crippen molar-refractivity contribution in [1.82, 2.24) is 0 Å².